The maximum Gasteiger partial charge on any atom is 0.330 e. The van der Waals surface area contributed by atoms with Crippen molar-refractivity contribution < 1.29 is 148 Å². The van der Waals surface area contributed by atoms with Gasteiger partial charge in [0.15, 0.2) is 42.2 Å². The van der Waals surface area contributed by atoms with E-state index in [-0.39, 0.29) is 16.9 Å². The van der Waals surface area contributed by atoms with Crippen LogP contribution in [0, 0.1) is 0 Å². The number of phenolic OH excluding ortho intramolecular Hbond substituents is 4. The first-order valence-electron chi connectivity index (χ1n) is 26.2. The molecule has 462 valence electrons. The third-order valence-corrected chi connectivity index (χ3v) is 14.7. The van der Waals surface area contributed by atoms with Crippen LogP contribution in [0.15, 0.2) is 69.9 Å². The summed E-state index contributed by atoms with van der Waals surface area (Å²) in [6.07, 6.45) is -41.0. The number of aliphatic hydroxyl groups is 13. The number of hydrogen-bond acceptors (Lipinski definition) is 31. The summed E-state index contributed by atoms with van der Waals surface area (Å²) in [5.41, 5.74) is -1.29. The molecule has 31 nitrogen and oxygen atoms in total. The number of aliphatic hydroxyl groups excluding tert-OH is 13. The number of fused-ring (bicyclic) bond motifs is 1. The molecule has 5 saturated heterocycles. The number of rotatable bonds is 16. The van der Waals surface area contributed by atoms with Crippen molar-refractivity contribution in [2.45, 2.75) is 161 Å². The highest BCUT2D eigenvalue weighted by Gasteiger charge is 2.55. The molecule has 9 rings (SSSR count). The molecule has 5 aliphatic rings. The number of carbonyl (C=O) groups is 1. The maximum atomic E-state index is 14.6. The van der Waals surface area contributed by atoms with Gasteiger partial charge in [-0.15, -0.1) is 0 Å². The van der Waals surface area contributed by atoms with Gasteiger partial charge in [-0.1, -0.05) is 6.07 Å². The van der Waals surface area contributed by atoms with E-state index >= 15 is 0 Å². The lowest BCUT2D eigenvalue weighted by Gasteiger charge is -2.48. The standard InChI is InChI=1S/C53H64O31/c1-17-32(60)38(66)43(71)50(75-17)80-29-16-74-49(42(70)36(29)64)77-22-7-5-20(6-8-22)45-46(37(65)31-25(58)12-21(55)13-26(31)78-45)82-52-47(40(68)33(61)18(2)76-52)84-53-48(83-51-44(72)39(67)34(62)27(14-54)79-51)41(69)35(63)28(81-53)15-73-30(59)10-4-19-3-9-23(56)24(57)11-19/h3-13,17-18,27-29,32-36,38-44,47-58,60-64,66-72H,14-16H2,1-2H3/t17-,18-,27+,28+,29+,32-,33-,34+,35+,36-,38+,39-,40+,41-,42+,43+,44+,47+,48+,49-,50-,51-,52-,53-/m0/s1. The van der Waals surface area contributed by atoms with E-state index in [2.05, 4.69) is 0 Å². The zero-order chi connectivity index (χ0) is 60.7. The molecule has 31 heteroatoms. The number of esters is 1. The largest absolute Gasteiger partial charge is 0.508 e. The molecule has 0 amide bonds. The summed E-state index contributed by atoms with van der Waals surface area (Å²) < 4.78 is 69.6. The van der Waals surface area contributed by atoms with E-state index in [1.165, 1.54) is 50.3 Å². The SMILES string of the molecule is C[C@@H]1O[C@@H](O[C@@H]2CO[C@@H](Oc3ccc(-c4oc5cc(O)cc(O)c5c(=O)c4O[C@@H]4O[C@@H](C)[C@H](O)[C@@H](O)[C@H]4O[C@@H]4O[C@H](COC(=O)C=Cc5ccc(O)c(O)c5)[C@@H](O)[C@H](O)[C@H]4O[C@@H]4O[C@H](CO)[C@@H](O)[C@H](O)[C@H]4O)cc3)[C@H](O)[C@H]2O)[C@H](O)[C@H](O)[C@H]1O. The average molecular weight is 1200 g/mol. The van der Waals surface area contributed by atoms with E-state index < -0.39 is 224 Å². The molecule has 0 unspecified atom stereocenters. The Morgan fingerprint density at radius 3 is 1.83 bits per heavy atom. The second kappa shape index (κ2) is 25.9. The van der Waals surface area contributed by atoms with Crippen molar-refractivity contribution in [3.8, 4) is 45.8 Å². The molecule has 5 aliphatic heterocycles. The molecule has 0 aliphatic carbocycles. The molecule has 1 aromatic heterocycles. The second-order valence-electron chi connectivity index (χ2n) is 20.6. The van der Waals surface area contributed by atoms with Crippen molar-refractivity contribution in [2.75, 3.05) is 19.8 Å². The highest BCUT2D eigenvalue weighted by atomic mass is 16.8. The van der Waals surface area contributed by atoms with Crippen molar-refractivity contribution in [1.29, 1.82) is 0 Å². The van der Waals surface area contributed by atoms with E-state index in [4.69, 9.17) is 56.5 Å². The summed E-state index contributed by atoms with van der Waals surface area (Å²) >= 11 is 0. The first-order chi connectivity index (χ1) is 39.8. The minimum Gasteiger partial charge on any atom is -0.508 e. The molecule has 17 N–H and O–H groups in total. The van der Waals surface area contributed by atoms with Gasteiger partial charge in [-0.25, -0.2) is 4.79 Å². The third kappa shape index (κ3) is 12.9. The lowest BCUT2D eigenvalue weighted by molar-refractivity contribution is -0.388. The van der Waals surface area contributed by atoms with E-state index in [9.17, 15) is 96.4 Å². The predicted molar refractivity (Wildman–Crippen MR) is 272 cm³/mol. The fourth-order valence-corrected chi connectivity index (χ4v) is 9.84. The summed E-state index contributed by atoms with van der Waals surface area (Å²) in [5, 5.41) is 181. The van der Waals surface area contributed by atoms with Crippen LogP contribution in [0.3, 0.4) is 0 Å². The van der Waals surface area contributed by atoms with Gasteiger partial charge in [0.1, 0.15) is 132 Å². The van der Waals surface area contributed by atoms with Crippen LogP contribution in [-0.2, 0) is 47.4 Å². The van der Waals surface area contributed by atoms with E-state index in [0.29, 0.717) is 0 Å². The molecular weight excluding hydrogens is 1130 g/mol. The summed E-state index contributed by atoms with van der Waals surface area (Å²) in [6, 6.07) is 10.6. The average Bonchev–Trinajstić information content (AvgIpc) is 1.20. The van der Waals surface area contributed by atoms with Crippen LogP contribution in [0.1, 0.15) is 19.4 Å². The van der Waals surface area contributed by atoms with Crippen molar-refractivity contribution in [3.63, 3.8) is 0 Å². The highest BCUT2D eigenvalue weighted by molar-refractivity contribution is 5.88. The zero-order valence-corrected chi connectivity index (χ0v) is 44.1. The fourth-order valence-electron chi connectivity index (χ4n) is 9.84. The second-order valence-corrected chi connectivity index (χ2v) is 20.6. The minimum atomic E-state index is -2.21. The molecule has 5 fully saturated rings. The number of hydrogen-bond donors (Lipinski definition) is 17. The topological polar surface area (TPSA) is 493 Å². The molecule has 0 saturated carbocycles. The maximum absolute atomic E-state index is 14.6. The van der Waals surface area contributed by atoms with Gasteiger partial charge >= 0.3 is 5.97 Å². The zero-order valence-electron chi connectivity index (χ0n) is 44.1. The van der Waals surface area contributed by atoms with Crippen molar-refractivity contribution in [3.05, 3.63) is 76.5 Å². The molecule has 4 aromatic rings. The van der Waals surface area contributed by atoms with Gasteiger partial charge < -0.3 is 143 Å². The van der Waals surface area contributed by atoms with Crippen molar-refractivity contribution in [2.24, 2.45) is 0 Å². The van der Waals surface area contributed by atoms with Crippen LogP contribution in [0.4, 0.5) is 0 Å². The third-order valence-electron chi connectivity index (χ3n) is 14.7. The van der Waals surface area contributed by atoms with Crippen LogP contribution < -0.4 is 14.9 Å². The Bertz CT molecular complexity index is 2990. The van der Waals surface area contributed by atoms with Gasteiger partial charge in [-0.2, -0.15) is 0 Å². The van der Waals surface area contributed by atoms with Crippen molar-refractivity contribution in [1.82, 2.24) is 0 Å². The summed E-state index contributed by atoms with van der Waals surface area (Å²) in [4.78, 5) is 27.5. The Labute approximate surface area is 473 Å². The molecular formula is C53H64O31. The molecule has 24 atom stereocenters. The van der Waals surface area contributed by atoms with E-state index in [0.717, 1.165) is 30.3 Å². The number of carbonyl (C=O) groups excluding carboxylic acids is 1. The van der Waals surface area contributed by atoms with Crippen molar-refractivity contribution >= 4 is 23.0 Å². The summed E-state index contributed by atoms with van der Waals surface area (Å²) in [5.74, 6) is -4.61. The predicted octanol–water partition coefficient (Wildman–Crippen LogP) is -4.93. The lowest BCUT2D eigenvalue weighted by atomic mass is 9.96. The van der Waals surface area contributed by atoms with Crippen LogP contribution >= 0.6 is 0 Å². The first-order valence-corrected chi connectivity index (χ1v) is 26.2. The molecule has 0 radical (unpaired) electrons. The number of phenols is 4. The first kappa shape index (κ1) is 62.6. The fraction of sp³-hybridized carbons (Fsp3) is 0.547. The van der Waals surface area contributed by atoms with Crippen LogP contribution in [-0.4, -0.2) is 260 Å². The Morgan fingerprint density at radius 1 is 0.571 bits per heavy atom. The molecule has 84 heavy (non-hydrogen) atoms. The number of aromatic hydroxyl groups is 4. The molecule has 6 heterocycles. The Balaban J connectivity index is 0.991. The Morgan fingerprint density at radius 2 is 1.15 bits per heavy atom. The van der Waals surface area contributed by atoms with Gasteiger partial charge in [0.25, 0.3) is 0 Å². The van der Waals surface area contributed by atoms with Gasteiger partial charge in [-0.3, -0.25) is 4.79 Å². The van der Waals surface area contributed by atoms with Gasteiger partial charge in [0, 0.05) is 23.8 Å². The summed E-state index contributed by atoms with van der Waals surface area (Å²) in [7, 11) is 0. The summed E-state index contributed by atoms with van der Waals surface area (Å²) in [6.45, 7) is 0.475. The van der Waals surface area contributed by atoms with E-state index in [1.54, 1.807) is 0 Å². The normalized spacial score (nSPS) is 38.4. The quantitative estimate of drug-likeness (QED) is 0.0284. The van der Waals surface area contributed by atoms with Gasteiger partial charge in [0.2, 0.25) is 23.8 Å². The molecule has 3 aromatic carbocycles. The smallest absolute Gasteiger partial charge is 0.330 e. The van der Waals surface area contributed by atoms with Gasteiger partial charge in [0.05, 0.1) is 25.4 Å². The molecule has 0 bridgehead atoms. The lowest BCUT2D eigenvalue weighted by Crippen LogP contribution is -2.67. The number of benzene rings is 3. The van der Waals surface area contributed by atoms with Crippen LogP contribution in [0.25, 0.3) is 28.4 Å². The monoisotopic (exact) mass is 1200 g/mol. The Hall–Kier alpha value is -5.96. The number of ether oxygens (including phenoxy) is 11. The van der Waals surface area contributed by atoms with Crippen LogP contribution in [0.2, 0.25) is 0 Å². The Kier molecular flexibility index (Phi) is 19.3. The van der Waals surface area contributed by atoms with Crippen LogP contribution in [0.5, 0.6) is 34.5 Å². The highest BCUT2D eigenvalue weighted by Crippen LogP contribution is 2.40. The van der Waals surface area contributed by atoms with Gasteiger partial charge in [-0.05, 0) is 61.9 Å². The van der Waals surface area contributed by atoms with E-state index in [1.807, 2.05) is 0 Å². The molecule has 0 spiro atoms. The minimum absolute atomic E-state index is 0.0126.